The van der Waals surface area contributed by atoms with E-state index < -0.39 is 10.0 Å². The third-order valence-electron chi connectivity index (χ3n) is 12.1. The van der Waals surface area contributed by atoms with Crippen molar-refractivity contribution >= 4 is 22.0 Å². The lowest BCUT2D eigenvalue weighted by Crippen LogP contribution is -2.31. The second-order valence-electron chi connectivity index (χ2n) is 17.8. The van der Waals surface area contributed by atoms with Crippen LogP contribution in [-0.4, -0.2) is 73.6 Å². The summed E-state index contributed by atoms with van der Waals surface area (Å²) in [5, 5.41) is -0.0506. The predicted molar refractivity (Wildman–Crippen MR) is 254 cm³/mol. The molecule has 0 radical (unpaired) electrons. The van der Waals surface area contributed by atoms with Crippen LogP contribution in [0.2, 0.25) is 0 Å². The number of carbonyl (C=O) groups is 2. The van der Waals surface area contributed by atoms with Gasteiger partial charge in [0.15, 0.2) is 0 Å². The highest BCUT2D eigenvalue weighted by Gasteiger charge is 2.17. The van der Waals surface area contributed by atoms with Gasteiger partial charge in [0, 0.05) is 31.8 Å². The maximum atomic E-state index is 12.9. The topological polar surface area (TPSA) is 131 Å². The second kappa shape index (κ2) is 40.8. The number of imidazole rings is 1. The van der Waals surface area contributed by atoms with Gasteiger partial charge < -0.3 is 19.4 Å². The summed E-state index contributed by atoms with van der Waals surface area (Å²) in [6.45, 7) is 12.0. The molecule has 0 aliphatic heterocycles. The molecule has 0 bridgehead atoms. The zero-order chi connectivity index (χ0) is 44.5. The number of hydrogen-bond donors (Lipinski definition) is 2. The number of nitrogens with zero attached hydrogens (tertiary/aromatic N) is 2. The van der Waals surface area contributed by atoms with Gasteiger partial charge in [0.1, 0.15) is 12.2 Å². The van der Waals surface area contributed by atoms with Crippen molar-refractivity contribution in [2.45, 2.75) is 270 Å². The minimum absolute atomic E-state index is 0.0142. The number of carbonyl (C=O) groups excluding carboxylic acids is 2. The molecule has 61 heavy (non-hydrogen) atoms. The summed E-state index contributed by atoms with van der Waals surface area (Å²) in [7, 11) is -3.63. The lowest BCUT2D eigenvalue weighted by Gasteiger charge is -2.22. The molecule has 0 amide bonds. The molecule has 1 atom stereocenters. The third-order valence-corrected chi connectivity index (χ3v) is 13.4. The number of sulfonamides is 1. The van der Waals surface area contributed by atoms with Crippen molar-refractivity contribution in [3.63, 3.8) is 0 Å². The van der Waals surface area contributed by atoms with E-state index in [0.29, 0.717) is 19.4 Å². The molecular formula is C50H96N4O6S. The first-order chi connectivity index (χ1) is 29.7. The Hall–Kier alpha value is -1.98. The van der Waals surface area contributed by atoms with Crippen molar-refractivity contribution in [3.05, 3.63) is 12.4 Å². The number of nitrogens with one attached hydrogen (secondary N) is 2. The molecule has 11 heteroatoms. The highest BCUT2D eigenvalue weighted by molar-refractivity contribution is 7.89. The van der Waals surface area contributed by atoms with Gasteiger partial charge in [-0.05, 0) is 96.7 Å². The van der Waals surface area contributed by atoms with Crippen LogP contribution in [0.1, 0.15) is 252 Å². The smallest absolute Gasteiger partial charge is 0.306 e. The summed E-state index contributed by atoms with van der Waals surface area (Å²) in [6, 6.07) is 0. The van der Waals surface area contributed by atoms with E-state index >= 15 is 0 Å². The van der Waals surface area contributed by atoms with Crippen LogP contribution in [0.5, 0.6) is 0 Å². The minimum Gasteiger partial charge on any atom is -0.462 e. The minimum atomic E-state index is -3.63. The second-order valence-corrected chi connectivity index (χ2v) is 19.5. The number of rotatable bonds is 46. The van der Waals surface area contributed by atoms with E-state index in [1.807, 2.05) is 0 Å². The molecule has 0 aliphatic rings. The van der Waals surface area contributed by atoms with Gasteiger partial charge >= 0.3 is 11.9 Å². The lowest BCUT2D eigenvalue weighted by atomic mass is 10.0. The van der Waals surface area contributed by atoms with E-state index in [9.17, 15) is 18.0 Å². The van der Waals surface area contributed by atoms with Gasteiger partial charge in [-0.3, -0.25) is 9.59 Å². The van der Waals surface area contributed by atoms with Crippen molar-refractivity contribution in [2.75, 3.05) is 26.2 Å². The molecule has 358 valence electrons. The SMILES string of the molecule is CCCCCCCCC(CC)OC(=O)CCCCCCCN(CCCCCCCC(=O)OC(CCCCCCCC)CCCCCCCC)CCCNS(=O)(=O)c1ncc[nH]1. The van der Waals surface area contributed by atoms with Crippen LogP contribution < -0.4 is 4.72 Å². The Morgan fingerprint density at radius 3 is 1.39 bits per heavy atom. The van der Waals surface area contributed by atoms with Crippen LogP contribution in [0, 0.1) is 0 Å². The van der Waals surface area contributed by atoms with Crippen LogP contribution in [0.3, 0.4) is 0 Å². The normalized spacial score (nSPS) is 12.4. The summed E-state index contributed by atoms with van der Waals surface area (Å²) in [6.07, 6.45) is 41.9. The lowest BCUT2D eigenvalue weighted by molar-refractivity contribution is -0.150. The fraction of sp³-hybridized carbons (Fsp3) is 0.900. The Morgan fingerprint density at radius 1 is 0.557 bits per heavy atom. The fourth-order valence-corrected chi connectivity index (χ4v) is 9.11. The van der Waals surface area contributed by atoms with Gasteiger partial charge in [-0.15, -0.1) is 0 Å². The molecule has 0 fully saturated rings. The number of esters is 2. The molecule has 0 saturated heterocycles. The maximum Gasteiger partial charge on any atom is 0.306 e. The Kier molecular flexibility index (Phi) is 38.1. The van der Waals surface area contributed by atoms with E-state index in [1.165, 1.54) is 109 Å². The summed E-state index contributed by atoms with van der Waals surface area (Å²) in [5.41, 5.74) is 0. The standard InChI is InChI=1S/C50H96N4O6S/c1-5-9-12-15-20-27-35-46(8-4)59-48(55)38-30-23-18-25-32-43-54(45-34-40-53-61(57,58)50-51-41-42-52-50)44-33-26-19-24-31-39-49(56)60-47(36-28-21-16-13-10-6-2)37-29-22-17-14-11-7-3/h41-42,46-47,53H,5-40,43-45H2,1-4H3,(H,51,52). The largest absolute Gasteiger partial charge is 0.462 e. The van der Waals surface area contributed by atoms with Crippen molar-refractivity contribution in [3.8, 4) is 0 Å². The Bertz CT molecular complexity index is 1210. The molecule has 0 saturated carbocycles. The van der Waals surface area contributed by atoms with Gasteiger partial charge in [-0.25, -0.2) is 18.1 Å². The van der Waals surface area contributed by atoms with E-state index in [-0.39, 0.29) is 29.3 Å². The zero-order valence-electron chi connectivity index (χ0n) is 40.1. The average Bonchev–Trinajstić information content (AvgIpc) is 3.81. The predicted octanol–water partition coefficient (Wildman–Crippen LogP) is 13.5. The molecule has 10 nitrogen and oxygen atoms in total. The van der Waals surface area contributed by atoms with Gasteiger partial charge in [-0.1, -0.05) is 163 Å². The molecule has 1 aromatic rings. The van der Waals surface area contributed by atoms with Crippen molar-refractivity contribution in [1.82, 2.24) is 19.6 Å². The molecule has 0 aromatic carbocycles. The molecule has 1 unspecified atom stereocenters. The molecule has 0 aliphatic carbocycles. The first kappa shape index (κ1) is 57.0. The molecule has 1 aromatic heterocycles. The van der Waals surface area contributed by atoms with Gasteiger partial charge in [-0.2, -0.15) is 0 Å². The first-order valence-electron chi connectivity index (χ1n) is 25.9. The third kappa shape index (κ3) is 34.1. The molecule has 0 spiro atoms. The summed E-state index contributed by atoms with van der Waals surface area (Å²) in [4.78, 5) is 34.4. The van der Waals surface area contributed by atoms with Gasteiger partial charge in [0.05, 0.1) is 0 Å². The molecule has 1 rings (SSSR count). The summed E-state index contributed by atoms with van der Waals surface area (Å²) >= 11 is 0. The highest BCUT2D eigenvalue weighted by atomic mass is 32.2. The fourth-order valence-electron chi connectivity index (χ4n) is 8.14. The Labute approximate surface area is 376 Å². The first-order valence-corrected chi connectivity index (χ1v) is 27.3. The van der Waals surface area contributed by atoms with Gasteiger partial charge in [0.25, 0.3) is 10.0 Å². The van der Waals surface area contributed by atoms with E-state index in [1.54, 1.807) is 0 Å². The van der Waals surface area contributed by atoms with Gasteiger partial charge in [0.2, 0.25) is 5.16 Å². The van der Waals surface area contributed by atoms with E-state index in [0.717, 1.165) is 135 Å². The van der Waals surface area contributed by atoms with Crippen molar-refractivity contribution in [1.29, 1.82) is 0 Å². The van der Waals surface area contributed by atoms with Crippen LogP contribution in [0.4, 0.5) is 0 Å². The number of ether oxygens (including phenoxy) is 2. The molecule has 1 heterocycles. The number of hydrogen-bond acceptors (Lipinski definition) is 8. The van der Waals surface area contributed by atoms with E-state index in [2.05, 4.69) is 47.3 Å². The number of H-pyrrole nitrogens is 1. The van der Waals surface area contributed by atoms with E-state index in [4.69, 9.17) is 9.47 Å². The average molecular weight is 881 g/mol. The Morgan fingerprint density at radius 2 is 0.951 bits per heavy atom. The maximum absolute atomic E-state index is 12.9. The Balaban J connectivity index is 2.41. The zero-order valence-corrected chi connectivity index (χ0v) is 41.0. The molecule has 2 N–H and O–H groups in total. The number of aromatic amines is 1. The quantitative estimate of drug-likeness (QED) is 0.0489. The number of unbranched alkanes of at least 4 members (excludes halogenated alkanes) is 23. The molecular weight excluding hydrogens is 785 g/mol. The van der Waals surface area contributed by atoms with Crippen LogP contribution in [-0.2, 0) is 29.1 Å². The van der Waals surface area contributed by atoms with Crippen LogP contribution in [0.25, 0.3) is 0 Å². The van der Waals surface area contributed by atoms with Crippen molar-refractivity contribution in [2.24, 2.45) is 0 Å². The summed E-state index contributed by atoms with van der Waals surface area (Å²) < 4.78 is 39.6. The van der Waals surface area contributed by atoms with Crippen LogP contribution >= 0.6 is 0 Å². The number of aromatic nitrogens is 2. The summed E-state index contributed by atoms with van der Waals surface area (Å²) in [5.74, 6) is -0.0578. The van der Waals surface area contributed by atoms with Crippen LogP contribution in [0.15, 0.2) is 17.6 Å². The van der Waals surface area contributed by atoms with Crippen molar-refractivity contribution < 1.29 is 27.5 Å². The highest BCUT2D eigenvalue weighted by Crippen LogP contribution is 2.19. The monoisotopic (exact) mass is 881 g/mol.